The Morgan fingerprint density at radius 1 is 1.35 bits per heavy atom. The van der Waals surface area contributed by atoms with Crippen LogP contribution in [0.2, 0.25) is 0 Å². The molecule has 1 aromatic heterocycles. The second-order valence-electron chi connectivity index (χ2n) is 5.19. The van der Waals surface area contributed by atoms with E-state index in [9.17, 15) is 0 Å². The topological polar surface area (TPSA) is 60.2 Å². The standard InChI is InChI=1S/C15H18BrN3O/c16-11-1-2-14-12(7-11)15(13(17)9-18-14)19-8-10-3-5-20-6-4-10/h1-2,7,9-10H,3-6,8,17H2,(H,18,19). The molecule has 4 nitrogen and oxygen atoms in total. The van der Waals surface area contributed by atoms with E-state index in [1.165, 1.54) is 0 Å². The zero-order valence-electron chi connectivity index (χ0n) is 11.2. The monoisotopic (exact) mass is 335 g/mol. The summed E-state index contributed by atoms with van der Waals surface area (Å²) in [4.78, 5) is 4.37. The van der Waals surface area contributed by atoms with Crippen LogP contribution in [0, 0.1) is 5.92 Å². The molecule has 3 N–H and O–H groups in total. The molecule has 0 radical (unpaired) electrons. The molecule has 0 saturated carbocycles. The van der Waals surface area contributed by atoms with E-state index in [0.717, 1.165) is 53.7 Å². The summed E-state index contributed by atoms with van der Waals surface area (Å²) in [5.74, 6) is 0.651. The summed E-state index contributed by atoms with van der Waals surface area (Å²) >= 11 is 3.51. The molecule has 0 unspecified atom stereocenters. The van der Waals surface area contributed by atoms with Gasteiger partial charge in [-0.3, -0.25) is 4.98 Å². The molecule has 1 aliphatic rings. The van der Waals surface area contributed by atoms with Crippen LogP contribution < -0.4 is 11.1 Å². The van der Waals surface area contributed by atoms with Crippen LogP contribution in [0.25, 0.3) is 10.9 Å². The zero-order chi connectivity index (χ0) is 13.9. The molecule has 1 saturated heterocycles. The Hall–Kier alpha value is -1.33. The summed E-state index contributed by atoms with van der Waals surface area (Å²) in [7, 11) is 0. The van der Waals surface area contributed by atoms with Crippen molar-refractivity contribution in [3.63, 3.8) is 0 Å². The lowest BCUT2D eigenvalue weighted by molar-refractivity contribution is 0.0699. The molecule has 2 heterocycles. The van der Waals surface area contributed by atoms with Gasteiger partial charge < -0.3 is 15.8 Å². The van der Waals surface area contributed by atoms with Crippen molar-refractivity contribution in [2.24, 2.45) is 5.92 Å². The maximum absolute atomic E-state index is 6.09. The predicted molar refractivity (Wildman–Crippen MR) is 85.9 cm³/mol. The van der Waals surface area contributed by atoms with Crippen molar-refractivity contribution < 1.29 is 4.74 Å². The van der Waals surface area contributed by atoms with Crippen molar-refractivity contribution in [3.8, 4) is 0 Å². The van der Waals surface area contributed by atoms with Crippen LogP contribution in [0.1, 0.15) is 12.8 Å². The number of ether oxygens (including phenoxy) is 1. The highest BCUT2D eigenvalue weighted by molar-refractivity contribution is 9.10. The Kier molecular flexibility index (Phi) is 4.08. The van der Waals surface area contributed by atoms with Gasteiger partial charge in [-0.25, -0.2) is 0 Å². The fourth-order valence-corrected chi connectivity index (χ4v) is 2.94. The van der Waals surface area contributed by atoms with Crippen LogP contribution >= 0.6 is 15.9 Å². The van der Waals surface area contributed by atoms with Gasteiger partial charge in [0, 0.05) is 29.6 Å². The van der Waals surface area contributed by atoms with Gasteiger partial charge in [-0.15, -0.1) is 0 Å². The number of aromatic nitrogens is 1. The van der Waals surface area contributed by atoms with Gasteiger partial charge in [0.2, 0.25) is 0 Å². The molecule has 0 aliphatic carbocycles. The van der Waals surface area contributed by atoms with E-state index in [1.54, 1.807) is 6.20 Å². The molecule has 2 aromatic rings. The average Bonchev–Trinajstić information content (AvgIpc) is 2.47. The summed E-state index contributed by atoms with van der Waals surface area (Å²) in [6.45, 7) is 2.66. The van der Waals surface area contributed by atoms with Gasteiger partial charge >= 0.3 is 0 Å². The Morgan fingerprint density at radius 2 is 2.15 bits per heavy atom. The third kappa shape index (κ3) is 2.88. The summed E-state index contributed by atoms with van der Waals surface area (Å²) in [5, 5.41) is 4.57. The molecule has 106 valence electrons. The number of anilines is 2. The summed E-state index contributed by atoms with van der Waals surface area (Å²) in [6.07, 6.45) is 3.95. The lowest BCUT2D eigenvalue weighted by atomic mass is 10.00. The number of pyridine rings is 1. The number of halogens is 1. The minimum Gasteiger partial charge on any atom is -0.396 e. The van der Waals surface area contributed by atoms with Crippen LogP contribution in [0.15, 0.2) is 28.9 Å². The van der Waals surface area contributed by atoms with Crippen LogP contribution in [0.4, 0.5) is 11.4 Å². The molecule has 0 atom stereocenters. The highest BCUT2D eigenvalue weighted by atomic mass is 79.9. The highest BCUT2D eigenvalue weighted by Gasteiger charge is 2.15. The second-order valence-corrected chi connectivity index (χ2v) is 6.10. The fraction of sp³-hybridized carbons (Fsp3) is 0.400. The molecule has 0 bridgehead atoms. The van der Waals surface area contributed by atoms with Crippen molar-refractivity contribution in [3.05, 3.63) is 28.9 Å². The number of nitrogens with two attached hydrogens (primary N) is 1. The maximum Gasteiger partial charge on any atom is 0.0743 e. The number of nitrogens with one attached hydrogen (secondary N) is 1. The lowest BCUT2D eigenvalue weighted by Gasteiger charge is -2.23. The Bertz CT molecular complexity index is 606. The van der Waals surface area contributed by atoms with Gasteiger partial charge in [-0.1, -0.05) is 15.9 Å². The number of rotatable bonds is 3. The molecular formula is C15H18BrN3O. The molecule has 1 aliphatic heterocycles. The van der Waals surface area contributed by atoms with Crippen molar-refractivity contribution in [2.75, 3.05) is 30.8 Å². The molecule has 1 fully saturated rings. The third-order valence-electron chi connectivity index (χ3n) is 3.77. The Labute approximate surface area is 126 Å². The van der Waals surface area contributed by atoms with Gasteiger partial charge in [-0.2, -0.15) is 0 Å². The van der Waals surface area contributed by atoms with Gasteiger partial charge in [0.25, 0.3) is 0 Å². The highest BCUT2D eigenvalue weighted by Crippen LogP contribution is 2.30. The Morgan fingerprint density at radius 3 is 2.95 bits per heavy atom. The molecule has 5 heteroatoms. The SMILES string of the molecule is Nc1cnc2ccc(Br)cc2c1NCC1CCOCC1. The van der Waals surface area contributed by atoms with Gasteiger partial charge in [-0.05, 0) is 37.0 Å². The summed E-state index contributed by atoms with van der Waals surface area (Å²) in [5.41, 5.74) is 8.73. The first-order valence-electron chi connectivity index (χ1n) is 6.89. The number of benzene rings is 1. The maximum atomic E-state index is 6.09. The van der Waals surface area contributed by atoms with E-state index in [4.69, 9.17) is 10.5 Å². The van der Waals surface area contributed by atoms with E-state index < -0.39 is 0 Å². The summed E-state index contributed by atoms with van der Waals surface area (Å²) < 4.78 is 6.43. The number of nitrogens with zero attached hydrogens (tertiary/aromatic N) is 1. The van der Waals surface area contributed by atoms with Crippen molar-refractivity contribution in [1.82, 2.24) is 4.98 Å². The largest absolute Gasteiger partial charge is 0.396 e. The summed E-state index contributed by atoms with van der Waals surface area (Å²) in [6, 6.07) is 6.05. The third-order valence-corrected chi connectivity index (χ3v) is 4.26. The van der Waals surface area contributed by atoms with Crippen molar-refractivity contribution in [1.29, 1.82) is 0 Å². The van der Waals surface area contributed by atoms with E-state index >= 15 is 0 Å². The van der Waals surface area contributed by atoms with E-state index in [2.05, 4.69) is 32.3 Å². The second kappa shape index (κ2) is 5.97. The van der Waals surface area contributed by atoms with Gasteiger partial charge in [0.1, 0.15) is 0 Å². The minimum absolute atomic E-state index is 0.651. The Balaban J connectivity index is 1.85. The lowest BCUT2D eigenvalue weighted by Crippen LogP contribution is -2.23. The molecule has 0 spiro atoms. The fourth-order valence-electron chi connectivity index (χ4n) is 2.57. The molecule has 0 amide bonds. The van der Waals surface area contributed by atoms with Crippen molar-refractivity contribution in [2.45, 2.75) is 12.8 Å². The number of nitrogen functional groups attached to an aromatic ring is 1. The molecule has 20 heavy (non-hydrogen) atoms. The first-order chi connectivity index (χ1) is 9.74. The van der Waals surface area contributed by atoms with Crippen molar-refractivity contribution >= 4 is 38.2 Å². The van der Waals surface area contributed by atoms with Crippen LogP contribution in [0.5, 0.6) is 0 Å². The zero-order valence-corrected chi connectivity index (χ0v) is 12.8. The van der Waals surface area contributed by atoms with Crippen LogP contribution in [0.3, 0.4) is 0 Å². The van der Waals surface area contributed by atoms with Gasteiger partial charge in [0.15, 0.2) is 0 Å². The molecular weight excluding hydrogens is 318 g/mol. The number of hydrogen-bond acceptors (Lipinski definition) is 4. The van der Waals surface area contributed by atoms with Gasteiger partial charge in [0.05, 0.1) is 23.1 Å². The predicted octanol–water partition coefficient (Wildman–Crippen LogP) is 3.42. The minimum atomic E-state index is 0.651. The normalized spacial score (nSPS) is 16.4. The molecule has 3 rings (SSSR count). The smallest absolute Gasteiger partial charge is 0.0743 e. The average molecular weight is 336 g/mol. The first kappa shape index (κ1) is 13.6. The van der Waals surface area contributed by atoms with Crippen LogP contribution in [-0.2, 0) is 4.74 Å². The molecule has 1 aromatic carbocycles. The van der Waals surface area contributed by atoms with Crippen LogP contribution in [-0.4, -0.2) is 24.7 Å². The van der Waals surface area contributed by atoms with E-state index in [1.807, 2.05) is 12.1 Å². The van der Waals surface area contributed by atoms with E-state index in [-0.39, 0.29) is 0 Å². The number of fused-ring (bicyclic) bond motifs is 1. The number of hydrogen-bond donors (Lipinski definition) is 2. The van der Waals surface area contributed by atoms with E-state index in [0.29, 0.717) is 11.6 Å². The quantitative estimate of drug-likeness (QED) is 0.902. The first-order valence-corrected chi connectivity index (χ1v) is 7.68.